The molecule has 0 radical (unpaired) electrons. The monoisotopic (exact) mass is 266 g/mol. The first-order valence-corrected chi connectivity index (χ1v) is 6.43. The highest BCUT2D eigenvalue weighted by Gasteiger charge is 2.06. The van der Waals surface area contributed by atoms with Crippen LogP contribution in [0, 0.1) is 0 Å². The molecule has 1 aromatic heterocycles. The molecule has 1 heterocycles. The zero-order chi connectivity index (χ0) is 12.1. The fraction of sp³-hybridized carbons (Fsp3) is 0.167. The summed E-state index contributed by atoms with van der Waals surface area (Å²) in [5, 5.41) is 5.83. The van der Waals surface area contributed by atoms with E-state index in [-0.39, 0.29) is 5.91 Å². The Balaban J connectivity index is 1.80. The van der Waals surface area contributed by atoms with Crippen LogP contribution in [0.3, 0.4) is 0 Å². The number of hydrogen-bond acceptors (Lipinski definition) is 3. The number of halogens is 1. The van der Waals surface area contributed by atoms with Crippen LogP contribution in [-0.2, 0) is 6.42 Å². The van der Waals surface area contributed by atoms with Gasteiger partial charge in [-0.1, -0.05) is 23.7 Å². The predicted octanol–water partition coefficient (Wildman–Crippen LogP) is 2.77. The smallest absolute Gasteiger partial charge is 0.280 e. The zero-order valence-corrected chi connectivity index (χ0v) is 10.6. The highest BCUT2D eigenvalue weighted by Crippen LogP contribution is 2.09. The summed E-state index contributed by atoms with van der Waals surface area (Å²) >= 11 is 7.13. The van der Waals surface area contributed by atoms with E-state index in [1.54, 1.807) is 11.6 Å². The number of hydrogen-bond donors (Lipinski definition) is 1. The molecule has 2 aromatic rings. The van der Waals surface area contributed by atoms with E-state index in [2.05, 4.69) is 10.3 Å². The first kappa shape index (κ1) is 12.1. The molecule has 1 N–H and O–H groups in total. The number of amides is 1. The summed E-state index contributed by atoms with van der Waals surface area (Å²) in [6.45, 7) is 0.597. The number of thiazole rings is 1. The Morgan fingerprint density at radius 3 is 2.76 bits per heavy atom. The molecule has 0 aliphatic rings. The number of nitrogens with one attached hydrogen (secondary N) is 1. The maximum absolute atomic E-state index is 11.6. The van der Waals surface area contributed by atoms with Gasteiger partial charge < -0.3 is 5.32 Å². The van der Waals surface area contributed by atoms with Gasteiger partial charge in [-0.05, 0) is 24.1 Å². The standard InChI is InChI=1S/C12H11ClN2OS/c13-10-3-1-9(2-4-10)5-6-14-11(16)12-15-7-8-17-12/h1-4,7-8H,5-6H2,(H,14,16). The minimum Gasteiger partial charge on any atom is -0.350 e. The van der Waals surface area contributed by atoms with Crippen molar-refractivity contribution in [2.75, 3.05) is 6.54 Å². The molecule has 5 heteroatoms. The molecule has 1 amide bonds. The van der Waals surface area contributed by atoms with Gasteiger partial charge in [0, 0.05) is 23.1 Å². The van der Waals surface area contributed by atoms with Gasteiger partial charge in [0.1, 0.15) is 0 Å². The number of benzene rings is 1. The van der Waals surface area contributed by atoms with Crippen molar-refractivity contribution in [2.24, 2.45) is 0 Å². The normalized spacial score (nSPS) is 10.2. The highest BCUT2D eigenvalue weighted by atomic mass is 35.5. The molecule has 0 bridgehead atoms. The van der Waals surface area contributed by atoms with Gasteiger partial charge in [-0.15, -0.1) is 11.3 Å². The number of nitrogens with zero attached hydrogens (tertiary/aromatic N) is 1. The molecule has 0 aliphatic carbocycles. The molecule has 0 atom stereocenters. The predicted molar refractivity (Wildman–Crippen MR) is 69.6 cm³/mol. The van der Waals surface area contributed by atoms with Gasteiger partial charge in [0.25, 0.3) is 5.91 Å². The van der Waals surface area contributed by atoms with Gasteiger partial charge >= 0.3 is 0 Å². The average Bonchev–Trinajstić information content (AvgIpc) is 2.85. The fourth-order valence-corrected chi connectivity index (χ4v) is 2.06. The van der Waals surface area contributed by atoms with Crippen LogP contribution in [0.1, 0.15) is 15.4 Å². The van der Waals surface area contributed by atoms with Crippen molar-refractivity contribution in [1.29, 1.82) is 0 Å². The van der Waals surface area contributed by atoms with Gasteiger partial charge in [0.15, 0.2) is 5.01 Å². The molecule has 0 saturated heterocycles. The molecule has 2 rings (SSSR count). The summed E-state index contributed by atoms with van der Waals surface area (Å²) in [4.78, 5) is 15.5. The van der Waals surface area contributed by atoms with Crippen molar-refractivity contribution >= 4 is 28.8 Å². The van der Waals surface area contributed by atoms with Crippen LogP contribution in [0.4, 0.5) is 0 Å². The molecule has 0 spiro atoms. The summed E-state index contributed by atoms with van der Waals surface area (Å²) in [6.07, 6.45) is 2.41. The number of aromatic nitrogens is 1. The molecule has 88 valence electrons. The summed E-state index contributed by atoms with van der Waals surface area (Å²) in [6, 6.07) is 7.61. The van der Waals surface area contributed by atoms with E-state index in [0.717, 1.165) is 17.0 Å². The third-order valence-corrected chi connectivity index (χ3v) is 3.26. The maximum Gasteiger partial charge on any atom is 0.280 e. The Kier molecular flexibility index (Phi) is 4.12. The molecule has 17 heavy (non-hydrogen) atoms. The number of carbonyl (C=O) groups is 1. The van der Waals surface area contributed by atoms with E-state index in [1.165, 1.54) is 11.3 Å². The lowest BCUT2D eigenvalue weighted by atomic mass is 10.1. The molecule has 0 fully saturated rings. The van der Waals surface area contributed by atoms with Crippen LogP contribution < -0.4 is 5.32 Å². The highest BCUT2D eigenvalue weighted by molar-refractivity contribution is 7.11. The van der Waals surface area contributed by atoms with E-state index < -0.39 is 0 Å². The second-order valence-electron chi connectivity index (χ2n) is 3.47. The van der Waals surface area contributed by atoms with E-state index in [4.69, 9.17) is 11.6 Å². The lowest BCUT2D eigenvalue weighted by Gasteiger charge is -2.03. The SMILES string of the molecule is O=C(NCCc1ccc(Cl)cc1)c1nccs1. The second-order valence-corrected chi connectivity index (χ2v) is 4.80. The van der Waals surface area contributed by atoms with Crippen molar-refractivity contribution in [2.45, 2.75) is 6.42 Å². The van der Waals surface area contributed by atoms with E-state index in [0.29, 0.717) is 11.6 Å². The minimum atomic E-state index is -0.117. The summed E-state index contributed by atoms with van der Waals surface area (Å²) in [5.74, 6) is -0.117. The van der Waals surface area contributed by atoms with E-state index in [9.17, 15) is 4.79 Å². The largest absolute Gasteiger partial charge is 0.350 e. The Labute approximate surface area is 108 Å². The maximum atomic E-state index is 11.6. The van der Waals surface area contributed by atoms with Crippen LogP contribution in [0.15, 0.2) is 35.8 Å². The minimum absolute atomic E-state index is 0.117. The quantitative estimate of drug-likeness (QED) is 0.925. The first-order valence-electron chi connectivity index (χ1n) is 5.18. The van der Waals surface area contributed by atoms with Crippen LogP contribution in [-0.4, -0.2) is 17.4 Å². The van der Waals surface area contributed by atoms with Gasteiger partial charge in [0.05, 0.1) is 0 Å². The van der Waals surface area contributed by atoms with Crippen molar-refractivity contribution in [1.82, 2.24) is 10.3 Å². The summed E-state index contributed by atoms with van der Waals surface area (Å²) in [5.41, 5.74) is 1.15. The fourth-order valence-electron chi connectivity index (χ4n) is 1.38. The Hall–Kier alpha value is -1.39. The second kappa shape index (κ2) is 5.80. The average molecular weight is 267 g/mol. The number of rotatable bonds is 4. The van der Waals surface area contributed by atoms with Gasteiger partial charge in [-0.2, -0.15) is 0 Å². The Morgan fingerprint density at radius 1 is 1.35 bits per heavy atom. The lowest BCUT2D eigenvalue weighted by Crippen LogP contribution is -2.25. The van der Waals surface area contributed by atoms with Crippen LogP contribution in [0.2, 0.25) is 5.02 Å². The Morgan fingerprint density at radius 2 is 2.12 bits per heavy atom. The van der Waals surface area contributed by atoms with Crippen LogP contribution in [0.5, 0.6) is 0 Å². The Bertz CT molecular complexity index is 482. The summed E-state index contributed by atoms with van der Waals surface area (Å²) in [7, 11) is 0. The van der Waals surface area contributed by atoms with Gasteiger partial charge in [0.2, 0.25) is 0 Å². The van der Waals surface area contributed by atoms with Crippen LogP contribution in [0.25, 0.3) is 0 Å². The molecular formula is C12H11ClN2OS. The van der Waals surface area contributed by atoms with Crippen molar-refractivity contribution in [3.8, 4) is 0 Å². The molecule has 1 aromatic carbocycles. The molecule has 3 nitrogen and oxygen atoms in total. The first-order chi connectivity index (χ1) is 8.25. The summed E-state index contributed by atoms with van der Waals surface area (Å²) < 4.78 is 0. The molecule has 0 aliphatic heterocycles. The van der Waals surface area contributed by atoms with Crippen molar-refractivity contribution in [3.05, 3.63) is 51.4 Å². The van der Waals surface area contributed by atoms with Crippen LogP contribution >= 0.6 is 22.9 Å². The van der Waals surface area contributed by atoms with E-state index >= 15 is 0 Å². The van der Waals surface area contributed by atoms with Gasteiger partial charge in [-0.25, -0.2) is 4.98 Å². The molecule has 0 saturated carbocycles. The van der Waals surface area contributed by atoms with E-state index in [1.807, 2.05) is 24.3 Å². The zero-order valence-electron chi connectivity index (χ0n) is 9.02. The van der Waals surface area contributed by atoms with Crippen molar-refractivity contribution in [3.63, 3.8) is 0 Å². The van der Waals surface area contributed by atoms with Crippen molar-refractivity contribution < 1.29 is 4.79 Å². The molecular weight excluding hydrogens is 256 g/mol. The third-order valence-electron chi connectivity index (χ3n) is 2.24. The van der Waals surface area contributed by atoms with Gasteiger partial charge in [-0.3, -0.25) is 4.79 Å². The topological polar surface area (TPSA) is 42.0 Å². The number of carbonyl (C=O) groups excluding carboxylic acids is 1. The molecule has 0 unspecified atom stereocenters. The lowest BCUT2D eigenvalue weighted by molar-refractivity contribution is 0.0954. The third kappa shape index (κ3) is 3.54.